The van der Waals surface area contributed by atoms with Crippen LogP contribution in [0.2, 0.25) is 0 Å². The van der Waals surface area contributed by atoms with Crippen LogP contribution in [0.1, 0.15) is 26.2 Å². The molecule has 2 aliphatic rings. The van der Waals surface area contributed by atoms with Crippen molar-refractivity contribution in [2.75, 3.05) is 58.2 Å². The van der Waals surface area contributed by atoms with Gasteiger partial charge in [0.05, 0.1) is 12.2 Å². The topological polar surface area (TPSA) is 66.7 Å². The van der Waals surface area contributed by atoms with Gasteiger partial charge in [0.1, 0.15) is 5.75 Å². The number of aromatic nitrogens is 2. The van der Waals surface area contributed by atoms with Crippen molar-refractivity contribution in [2.24, 2.45) is 5.41 Å². The predicted molar refractivity (Wildman–Crippen MR) is 110 cm³/mol. The van der Waals surface area contributed by atoms with E-state index < -0.39 is 0 Å². The highest BCUT2D eigenvalue weighted by molar-refractivity contribution is 5.62. The first-order valence-corrected chi connectivity index (χ1v) is 10.4. The molecule has 4 rings (SSSR count). The summed E-state index contributed by atoms with van der Waals surface area (Å²) in [5.41, 5.74) is 1.20. The second kappa shape index (κ2) is 8.49. The summed E-state index contributed by atoms with van der Waals surface area (Å²) in [6, 6.07) is 8.31. The van der Waals surface area contributed by atoms with Crippen LogP contribution < -0.4 is 10.1 Å². The average Bonchev–Trinajstić information content (AvgIpc) is 3.32. The van der Waals surface area contributed by atoms with Gasteiger partial charge in [0, 0.05) is 44.7 Å². The lowest BCUT2D eigenvalue weighted by Gasteiger charge is -2.34. The molecule has 2 heterocycles. The quantitative estimate of drug-likeness (QED) is 0.712. The van der Waals surface area contributed by atoms with Gasteiger partial charge in [0.25, 0.3) is 5.89 Å². The lowest BCUT2D eigenvalue weighted by molar-refractivity contribution is 0.133. The molecule has 2 aromatic rings. The summed E-state index contributed by atoms with van der Waals surface area (Å²) in [6.45, 7) is 9.46. The molecule has 0 bridgehead atoms. The second-order valence-corrected chi connectivity index (χ2v) is 8.19. The maximum absolute atomic E-state index is 5.88. The molecule has 1 aromatic heterocycles. The van der Waals surface area contributed by atoms with E-state index in [2.05, 4.69) is 39.3 Å². The number of hydrogen-bond acceptors (Lipinski definition) is 7. The lowest BCUT2D eigenvalue weighted by Crippen LogP contribution is -2.47. The van der Waals surface area contributed by atoms with Gasteiger partial charge in [-0.3, -0.25) is 0 Å². The third-order valence-corrected chi connectivity index (χ3v) is 5.73. The number of para-hydroxylation sites is 1. The Morgan fingerprint density at radius 1 is 1.14 bits per heavy atom. The van der Waals surface area contributed by atoms with E-state index in [1.54, 1.807) is 0 Å². The Bertz CT molecular complexity index is 766. The van der Waals surface area contributed by atoms with Crippen LogP contribution in [0.15, 0.2) is 28.7 Å². The van der Waals surface area contributed by atoms with Crippen LogP contribution in [-0.2, 0) is 0 Å². The van der Waals surface area contributed by atoms with Crippen molar-refractivity contribution in [1.82, 2.24) is 20.0 Å². The SMILES string of the molecule is CCCOc1ccccc1-c1nnc(NCC2(CN3CCN(C)CC3)CC2)o1. The molecule has 28 heavy (non-hydrogen) atoms. The summed E-state index contributed by atoms with van der Waals surface area (Å²) in [7, 11) is 2.20. The van der Waals surface area contributed by atoms with Gasteiger partial charge in [-0.1, -0.05) is 24.2 Å². The first kappa shape index (κ1) is 19.2. The van der Waals surface area contributed by atoms with Crippen molar-refractivity contribution in [1.29, 1.82) is 0 Å². The number of rotatable bonds is 9. The van der Waals surface area contributed by atoms with Gasteiger partial charge >= 0.3 is 6.01 Å². The standard InChI is InChI=1S/C21H31N5O2/c1-3-14-27-18-7-5-4-6-17(18)19-23-24-20(28-19)22-15-21(8-9-21)16-26-12-10-25(2)11-13-26/h4-7H,3,8-16H2,1-2H3,(H,22,24). The van der Waals surface area contributed by atoms with Gasteiger partial charge in [-0.05, 0) is 38.4 Å². The van der Waals surface area contributed by atoms with Gasteiger partial charge < -0.3 is 24.3 Å². The van der Waals surface area contributed by atoms with Gasteiger partial charge in [0.2, 0.25) is 0 Å². The Kier molecular flexibility index (Phi) is 5.82. The average molecular weight is 386 g/mol. The van der Waals surface area contributed by atoms with E-state index in [-0.39, 0.29) is 0 Å². The first-order chi connectivity index (χ1) is 13.7. The molecular weight excluding hydrogens is 354 g/mol. The highest BCUT2D eigenvalue weighted by Gasteiger charge is 2.44. The summed E-state index contributed by atoms with van der Waals surface area (Å²) < 4.78 is 11.7. The summed E-state index contributed by atoms with van der Waals surface area (Å²) in [6.07, 6.45) is 3.49. The molecule has 1 aliphatic carbocycles. The zero-order valence-electron chi connectivity index (χ0n) is 17.0. The number of anilines is 1. The minimum atomic E-state index is 0.354. The van der Waals surface area contributed by atoms with Crippen molar-refractivity contribution in [3.05, 3.63) is 24.3 Å². The number of nitrogens with one attached hydrogen (secondary N) is 1. The predicted octanol–water partition coefficient (Wildman–Crippen LogP) is 2.96. The van der Waals surface area contributed by atoms with E-state index >= 15 is 0 Å². The van der Waals surface area contributed by atoms with Crippen molar-refractivity contribution in [2.45, 2.75) is 26.2 Å². The molecule has 1 saturated carbocycles. The molecule has 1 saturated heterocycles. The minimum Gasteiger partial charge on any atom is -0.493 e. The molecule has 0 atom stereocenters. The van der Waals surface area contributed by atoms with Crippen molar-refractivity contribution >= 4 is 6.01 Å². The van der Waals surface area contributed by atoms with E-state index in [0.29, 0.717) is 23.9 Å². The van der Waals surface area contributed by atoms with E-state index in [1.165, 1.54) is 12.8 Å². The minimum absolute atomic E-state index is 0.354. The number of hydrogen-bond donors (Lipinski definition) is 1. The molecule has 0 amide bonds. The van der Waals surface area contributed by atoms with Crippen LogP contribution in [0.4, 0.5) is 6.01 Å². The molecule has 1 aromatic carbocycles. The van der Waals surface area contributed by atoms with Gasteiger partial charge in [-0.25, -0.2) is 0 Å². The Morgan fingerprint density at radius 2 is 1.93 bits per heavy atom. The van der Waals surface area contributed by atoms with Crippen LogP contribution >= 0.6 is 0 Å². The molecule has 7 nitrogen and oxygen atoms in total. The summed E-state index contributed by atoms with van der Waals surface area (Å²) >= 11 is 0. The monoisotopic (exact) mass is 385 g/mol. The fourth-order valence-corrected chi connectivity index (χ4v) is 3.70. The second-order valence-electron chi connectivity index (χ2n) is 8.19. The number of benzene rings is 1. The highest BCUT2D eigenvalue weighted by atomic mass is 16.5. The van der Waals surface area contributed by atoms with E-state index in [0.717, 1.165) is 57.0 Å². The molecule has 0 radical (unpaired) electrons. The molecular formula is C21H31N5O2. The summed E-state index contributed by atoms with van der Waals surface area (Å²) in [5, 5.41) is 11.8. The smallest absolute Gasteiger partial charge is 0.315 e. The zero-order chi connectivity index (χ0) is 19.4. The third kappa shape index (κ3) is 4.64. The number of nitrogens with zero attached hydrogens (tertiary/aromatic N) is 4. The van der Waals surface area contributed by atoms with Gasteiger partial charge in [-0.15, -0.1) is 5.10 Å². The molecule has 152 valence electrons. The Hall–Kier alpha value is -2.12. The summed E-state index contributed by atoms with van der Waals surface area (Å²) in [4.78, 5) is 4.99. The lowest BCUT2D eigenvalue weighted by atomic mass is 10.1. The fraction of sp³-hybridized carbons (Fsp3) is 0.619. The van der Waals surface area contributed by atoms with Crippen LogP contribution in [0.5, 0.6) is 5.75 Å². The first-order valence-electron chi connectivity index (χ1n) is 10.4. The van der Waals surface area contributed by atoms with Crippen molar-refractivity contribution in [3.8, 4) is 17.2 Å². The van der Waals surface area contributed by atoms with E-state index in [4.69, 9.17) is 9.15 Å². The maximum atomic E-state index is 5.88. The molecule has 7 heteroatoms. The van der Waals surface area contributed by atoms with Gasteiger partial charge in [0.15, 0.2) is 0 Å². The number of ether oxygens (including phenoxy) is 1. The number of likely N-dealkylation sites (N-methyl/N-ethyl adjacent to an activating group) is 1. The van der Waals surface area contributed by atoms with Crippen LogP contribution in [0.25, 0.3) is 11.5 Å². The van der Waals surface area contributed by atoms with Gasteiger partial charge in [-0.2, -0.15) is 0 Å². The maximum Gasteiger partial charge on any atom is 0.315 e. The fourth-order valence-electron chi connectivity index (χ4n) is 3.70. The third-order valence-electron chi connectivity index (χ3n) is 5.73. The highest BCUT2D eigenvalue weighted by Crippen LogP contribution is 2.46. The molecule has 2 fully saturated rings. The Balaban J connectivity index is 1.34. The zero-order valence-corrected chi connectivity index (χ0v) is 17.0. The molecule has 0 unspecified atom stereocenters. The van der Waals surface area contributed by atoms with E-state index in [1.807, 2.05) is 24.3 Å². The molecule has 0 spiro atoms. The largest absolute Gasteiger partial charge is 0.493 e. The Labute approximate surface area is 167 Å². The van der Waals surface area contributed by atoms with Crippen LogP contribution in [0.3, 0.4) is 0 Å². The van der Waals surface area contributed by atoms with Crippen LogP contribution in [0, 0.1) is 5.41 Å². The van der Waals surface area contributed by atoms with Crippen molar-refractivity contribution < 1.29 is 9.15 Å². The summed E-state index contributed by atoms with van der Waals surface area (Å²) in [5.74, 6) is 1.28. The van der Waals surface area contributed by atoms with Crippen LogP contribution in [-0.4, -0.2) is 72.9 Å². The number of piperazine rings is 1. The Morgan fingerprint density at radius 3 is 2.68 bits per heavy atom. The molecule has 1 aliphatic heterocycles. The molecule has 1 N–H and O–H groups in total. The van der Waals surface area contributed by atoms with E-state index in [9.17, 15) is 0 Å². The van der Waals surface area contributed by atoms with Crippen molar-refractivity contribution in [3.63, 3.8) is 0 Å². The normalized spacial score (nSPS) is 19.5.